The first-order chi connectivity index (χ1) is 10.6. The van der Waals surface area contributed by atoms with Gasteiger partial charge in [-0.15, -0.1) is 0 Å². The fourth-order valence-corrected chi connectivity index (χ4v) is 4.15. The molecular weight excluding hydrogens is 282 g/mol. The highest BCUT2D eigenvalue weighted by atomic mass is 16.5. The van der Waals surface area contributed by atoms with Crippen molar-refractivity contribution in [2.75, 3.05) is 20.3 Å². The van der Waals surface area contributed by atoms with E-state index in [4.69, 9.17) is 4.74 Å². The van der Waals surface area contributed by atoms with Crippen LogP contribution < -0.4 is 0 Å². The van der Waals surface area contributed by atoms with Crippen LogP contribution in [-0.4, -0.2) is 47.7 Å². The molecule has 1 aliphatic heterocycles. The van der Waals surface area contributed by atoms with E-state index in [1.165, 1.54) is 0 Å². The molecule has 1 N–H and O–H groups in total. The number of benzene rings is 1. The summed E-state index contributed by atoms with van der Waals surface area (Å²) in [6, 6.07) is 7.13. The van der Waals surface area contributed by atoms with E-state index in [1.54, 1.807) is 30.2 Å². The second-order valence-electron chi connectivity index (χ2n) is 6.12. The number of carbonyl (C=O) groups is 2. The molecule has 1 atom stereocenters. The number of carbonyl (C=O) groups excluding carboxylic acids is 1. The number of aliphatic carboxylic acids is 1. The van der Waals surface area contributed by atoms with Gasteiger partial charge in [0, 0.05) is 19.2 Å². The van der Waals surface area contributed by atoms with Gasteiger partial charge in [0.05, 0.1) is 12.1 Å². The van der Waals surface area contributed by atoms with Crippen LogP contribution in [0.1, 0.15) is 47.5 Å². The summed E-state index contributed by atoms with van der Waals surface area (Å²) in [7, 11) is 1.60. The van der Waals surface area contributed by atoms with Crippen LogP contribution in [-0.2, 0) is 9.53 Å². The lowest BCUT2D eigenvalue weighted by atomic mass is 9.71. The average Bonchev–Trinajstić information content (AvgIpc) is 2.97. The number of carboxylic acid groups (broad SMARTS) is 1. The van der Waals surface area contributed by atoms with E-state index in [2.05, 4.69) is 0 Å². The van der Waals surface area contributed by atoms with Crippen molar-refractivity contribution in [3.05, 3.63) is 35.4 Å². The largest absolute Gasteiger partial charge is 0.481 e. The zero-order valence-electron chi connectivity index (χ0n) is 12.7. The molecule has 118 valence electrons. The van der Waals surface area contributed by atoms with Crippen LogP contribution in [0.5, 0.6) is 0 Å². The van der Waals surface area contributed by atoms with Gasteiger partial charge in [0.15, 0.2) is 0 Å². The van der Waals surface area contributed by atoms with Gasteiger partial charge in [-0.3, -0.25) is 9.59 Å². The summed E-state index contributed by atoms with van der Waals surface area (Å²) in [5, 5.41) is 9.87. The van der Waals surface area contributed by atoms with Crippen molar-refractivity contribution in [1.29, 1.82) is 0 Å². The summed E-state index contributed by atoms with van der Waals surface area (Å²) in [4.78, 5) is 26.7. The van der Waals surface area contributed by atoms with E-state index in [-0.39, 0.29) is 5.91 Å². The van der Waals surface area contributed by atoms with Gasteiger partial charge in [0.2, 0.25) is 0 Å². The van der Waals surface area contributed by atoms with Crippen LogP contribution in [0.2, 0.25) is 0 Å². The first kappa shape index (κ1) is 15.0. The first-order valence-corrected chi connectivity index (χ1v) is 7.74. The molecule has 1 fully saturated rings. The molecule has 5 heteroatoms. The molecule has 2 aliphatic rings. The highest BCUT2D eigenvalue weighted by molar-refractivity contribution is 6.01. The van der Waals surface area contributed by atoms with Crippen molar-refractivity contribution >= 4 is 11.9 Å². The fraction of sp³-hybridized carbons (Fsp3) is 0.529. The second kappa shape index (κ2) is 5.72. The summed E-state index contributed by atoms with van der Waals surface area (Å²) in [6.45, 7) is 0.857. The predicted octanol–water partition coefficient (Wildman–Crippen LogP) is 2.27. The Kier molecular flexibility index (Phi) is 3.91. The predicted molar refractivity (Wildman–Crippen MR) is 80.9 cm³/mol. The van der Waals surface area contributed by atoms with Crippen molar-refractivity contribution in [2.24, 2.45) is 0 Å². The Morgan fingerprint density at radius 2 is 2.05 bits per heavy atom. The lowest BCUT2D eigenvalue weighted by Gasteiger charge is -2.49. The van der Waals surface area contributed by atoms with Gasteiger partial charge in [-0.1, -0.05) is 31.0 Å². The van der Waals surface area contributed by atoms with Crippen LogP contribution in [0.15, 0.2) is 24.3 Å². The first-order valence-electron chi connectivity index (χ1n) is 7.74. The molecule has 5 nitrogen and oxygen atoms in total. The topological polar surface area (TPSA) is 66.8 Å². The van der Waals surface area contributed by atoms with Crippen LogP contribution >= 0.6 is 0 Å². The third-order valence-corrected chi connectivity index (χ3v) is 5.06. The van der Waals surface area contributed by atoms with Crippen molar-refractivity contribution in [2.45, 2.75) is 37.1 Å². The van der Waals surface area contributed by atoms with Crippen molar-refractivity contribution < 1.29 is 19.4 Å². The monoisotopic (exact) mass is 303 g/mol. The molecule has 1 amide bonds. The second-order valence-corrected chi connectivity index (χ2v) is 6.12. The molecule has 1 saturated carbocycles. The van der Waals surface area contributed by atoms with Crippen molar-refractivity contribution in [3.63, 3.8) is 0 Å². The van der Waals surface area contributed by atoms with E-state index >= 15 is 0 Å². The molecular formula is C17H21NO4. The van der Waals surface area contributed by atoms with Gasteiger partial charge in [0.1, 0.15) is 5.92 Å². The van der Waals surface area contributed by atoms with Gasteiger partial charge in [-0.05, 0) is 24.5 Å². The average molecular weight is 303 g/mol. The molecule has 1 aromatic rings. The number of amides is 1. The Hall–Kier alpha value is -1.88. The number of fused-ring (bicyclic) bond motifs is 1. The SMILES string of the molecule is COCCN1C(=O)c2ccccc2C(C(=O)O)C12CCCC2. The molecule has 0 bridgehead atoms. The molecule has 0 aromatic heterocycles. The molecule has 1 aliphatic carbocycles. The maximum atomic E-state index is 12.9. The number of nitrogens with zero attached hydrogens (tertiary/aromatic N) is 1. The Balaban J connectivity index is 2.15. The van der Waals surface area contributed by atoms with E-state index < -0.39 is 17.4 Å². The summed E-state index contributed by atoms with van der Waals surface area (Å²) in [5.74, 6) is -1.56. The minimum absolute atomic E-state index is 0.0629. The Bertz CT molecular complexity index is 592. The number of hydrogen-bond donors (Lipinski definition) is 1. The van der Waals surface area contributed by atoms with E-state index in [0.29, 0.717) is 24.3 Å². The normalized spacial score (nSPS) is 22.9. The lowest BCUT2D eigenvalue weighted by Crippen LogP contribution is -2.59. The molecule has 1 aromatic carbocycles. The summed E-state index contributed by atoms with van der Waals surface area (Å²) < 4.78 is 5.14. The van der Waals surface area contributed by atoms with E-state index in [1.807, 2.05) is 6.07 Å². The van der Waals surface area contributed by atoms with Crippen LogP contribution in [0, 0.1) is 0 Å². The van der Waals surface area contributed by atoms with Gasteiger partial charge >= 0.3 is 5.97 Å². The number of rotatable bonds is 4. The Morgan fingerprint density at radius 3 is 2.68 bits per heavy atom. The lowest BCUT2D eigenvalue weighted by molar-refractivity contribution is -0.143. The smallest absolute Gasteiger partial charge is 0.313 e. The standard InChI is InChI=1S/C17H21NO4/c1-22-11-10-18-15(19)13-7-3-2-6-12(13)14(16(20)21)17(18)8-4-5-9-17/h2-3,6-7,14H,4-5,8-11H2,1H3,(H,20,21). The van der Waals surface area contributed by atoms with Crippen molar-refractivity contribution in [1.82, 2.24) is 4.90 Å². The minimum atomic E-state index is -0.843. The van der Waals surface area contributed by atoms with Crippen molar-refractivity contribution in [3.8, 4) is 0 Å². The number of carboxylic acids is 1. The zero-order valence-corrected chi connectivity index (χ0v) is 12.7. The molecule has 3 rings (SSSR count). The van der Waals surface area contributed by atoms with Gasteiger partial charge in [0.25, 0.3) is 5.91 Å². The van der Waals surface area contributed by atoms with Gasteiger partial charge in [-0.2, -0.15) is 0 Å². The quantitative estimate of drug-likeness (QED) is 0.926. The maximum absolute atomic E-state index is 12.9. The van der Waals surface area contributed by atoms with Gasteiger partial charge < -0.3 is 14.7 Å². The minimum Gasteiger partial charge on any atom is -0.481 e. The maximum Gasteiger partial charge on any atom is 0.313 e. The molecule has 1 heterocycles. The summed E-state index contributed by atoms with van der Waals surface area (Å²) in [5.41, 5.74) is 0.578. The number of methoxy groups -OCH3 is 1. The van der Waals surface area contributed by atoms with Crippen LogP contribution in [0.3, 0.4) is 0 Å². The third-order valence-electron chi connectivity index (χ3n) is 5.06. The van der Waals surface area contributed by atoms with Crippen LogP contribution in [0.25, 0.3) is 0 Å². The number of ether oxygens (including phenoxy) is 1. The van der Waals surface area contributed by atoms with E-state index in [9.17, 15) is 14.7 Å². The number of hydrogen-bond acceptors (Lipinski definition) is 3. The van der Waals surface area contributed by atoms with Crippen LogP contribution in [0.4, 0.5) is 0 Å². The fourth-order valence-electron chi connectivity index (χ4n) is 4.15. The summed E-state index contributed by atoms with van der Waals surface area (Å²) in [6.07, 6.45) is 3.41. The highest BCUT2D eigenvalue weighted by Gasteiger charge is 2.55. The Morgan fingerprint density at radius 1 is 1.36 bits per heavy atom. The third kappa shape index (κ3) is 2.11. The Labute approximate surface area is 129 Å². The van der Waals surface area contributed by atoms with Gasteiger partial charge in [-0.25, -0.2) is 0 Å². The molecule has 0 saturated heterocycles. The molecule has 22 heavy (non-hydrogen) atoms. The zero-order chi connectivity index (χ0) is 15.7. The molecule has 1 spiro atoms. The molecule has 1 unspecified atom stereocenters. The van der Waals surface area contributed by atoms with E-state index in [0.717, 1.165) is 25.7 Å². The highest BCUT2D eigenvalue weighted by Crippen LogP contribution is 2.50. The summed E-state index contributed by atoms with van der Waals surface area (Å²) >= 11 is 0. The molecule has 0 radical (unpaired) electrons.